The standard InChI is InChI=1S/C12H15F6NS2/c1-8(19-20-12(2,3)4)10-6-5-9(7-11(10)13)21(14,15,16,17)18/h5-7H,1-4H3/b19-8+. The van der Waals surface area contributed by atoms with Gasteiger partial charge in [0.05, 0.1) is 5.71 Å². The molecule has 1 nitrogen and oxygen atoms in total. The van der Waals surface area contributed by atoms with E-state index in [1.807, 2.05) is 20.8 Å². The summed E-state index contributed by atoms with van der Waals surface area (Å²) in [5.74, 6) is -1.38. The minimum absolute atomic E-state index is 0.126. The monoisotopic (exact) mass is 351 g/mol. The zero-order chi connectivity index (χ0) is 16.8. The number of hydrogen-bond donors (Lipinski definition) is 0. The van der Waals surface area contributed by atoms with Crippen LogP contribution in [0.3, 0.4) is 0 Å². The lowest BCUT2D eigenvalue weighted by Crippen LogP contribution is -2.09. The molecule has 0 unspecified atom stereocenters. The third-order valence-corrected chi connectivity index (χ3v) is 4.29. The van der Waals surface area contributed by atoms with Crippen molar-refractivity contribution in [3.63, 3.8) is 0 Å². The number of halogens is 6. The van der Waals surface area contributed by atoms with Crippen LogP contribution < -0.4 is 0 Å². The Morgan fingerprint density at radius 3 is 2.00 bits per heavy atom. The predicted octanol–water partition coefficient (Wildman–Crippen LogP) is 6.74. The second-order valence-corrected chi connectivity index (χ2v) is 9.49. The van der Waals surface area contributed by atoms with Crippen LogP contribution in [0, 0.1) is 5.82 Å². The highest BCUT2D eigenvalue weighted by Gasteiger charge is 2.65. The Labute approximate surface area is 123 Å². The number of rotatable bonds is 3. The summed E-state index contributed by atoms with van der Waals surface area (Å²) in [6.07, 6.45) is 0. The average Bonchev–Trinajstić information content (AvgIpc) is 2.21. The van der Waals surface area contributed by atoms with E-state index < -0.39 is 20.9 Å². The van der Waals surface area contributed by atoms with Gasteiger partial charge in [-0.15, -0.1) is 0 Å². The summed E-state index contributed by atoms with van der Waals surface area (Å²) in [7, 11) is -9.86. The van der Waals surface area contributed by atoms with Crippen LogP contribution in [0.5, 0.6) is 0 Å². The number of nitrogens with zero attached hydrogens (tertiary/aromatic N) is 1. The van der Waals surface area contributed by atoms with Gasteiger partial charge in [0.1, 0.15) is 10.7 Å². The molecule has 0 radical (unpaired) electrons. The molecular formula is C12H15F6NS2. The summed E-state index contributed by atoms with van der Waals surface area (Å²) in [4.78, 5) is -2.24. The second-order valence-electron chi connectivity index (χ2n) is 5.49. The van der Waals surface area contributed by atoms with Gasteiger partial charge in [-0.05, 0) is 57.8 Å². The SMILES string of the molecule is C/C(=N\SC(C)(C)C)c1ccc(S(F)(F)(F)(F)F)cc1F. The molecule has 0 spiro atoms. The van der Waals surface area contributed by atoms with E-state index in [1.165, 1.54) is 6.92 Å². The Hall–Kier alpha value is -0.830. The first-order valence-electron chi connectivity index (χ1n) is 5.76. The first-order chi connectivity index (χ1) is 8.99. The lowest BCUT2D eigenvalue weighted by molar-refractivity contribution is 0.363. The summed E-state index contributed by atoms with van der Waals surface area (Å²) >= 11 is 1.11. The molecule has 0 saturated heterocycles. The third-order valence-electron chi connectivity index (χ3n) is 2.23. The molecule has 1 rings (SSSR count). The van der Waals surface area contributed by atoms with Crippen LogP contribution in [-0.4, -0.2) is 10.5 Å². The molecule has 122 valence electrons. The molecule has 0 N–H and O–H groups in total. The van der Waals surface area contributed by atoms with Gasteiger partial charge in [-0.1, -0.05) is 19.4 Å². The fourth-order valence-electron chi connectivity index (χ4n) is 1.28. The maximum atomic E-state index is 13.7. The normalized spacial score (nSPS) is 17.3. The van der Waals surface area contributed by atoms with E-state index in [0.717, 1.165) is 11.9 Å². The molecule has 21 heavy (non-hydrogen) atoms. The van der Waals surface area contributed by atoms with Gasteiger partial charge in [0.15, 0.2) is 0 Å². The predicted molar refractivity (Wildman–Crippen MR) is 77.4 cm³/mol. The molecular weight excluding hydrogens is 336 g/mol. The van der Waals surface area contributed by atoms with E-state index in [-0.39, 0.29) is 28.2 Å². The van der Waals surface area contributed by atoms with Gasteiger partial charge < -0.3 is 0 Å². The molecule has 1 aromatic carbocycles. The maximum absolute atomic E-state index is 13.7. The lowest BCUT2D eigenvalue weighted by atomic mass is 10.1. The molecule has 0 aliphatic rings. The minimum atomic E-state index is -9.86. The Bertz CT molecular complexity index is 586. The summed E-state index contributed by atoms with van der Waals surface area (Å²) in [6.45, 7) is 6.95. The van der Waals surface area contributed by atoms with E-state index in [4.69, 9.17) is 0 Å². The van der Waals surface area contributed by atoms with Crippen molar-refractivity contribution in [3.8, 4) is 0 Å². The van der Waals surface area contributed by atoms with Crippen molar-refractivity contribution >= 4 is 27.9 Å². The average molecular weight is 351 g/mol. The minimum Gasteiger partial charge on any atom is -0.220 e. The topological polar surface area (TPSA) is 12.4 Å². The highest BCUT2D eigenvalue weighted by molar-refractivity contribution is 8.45. The molecule has 0 aliphatic carbocycles. The summed E-state index contributed by atoms with van der Waals surface area (Å²) < 4.78 is 80.2. The Morgan fingerprint density at radius 1 is 1.10 bits per heavy atom. The quantitative estimate of drug-likeness (QED) is 0.334. The van der Waals surface area contributed by atoms with Crippen molar-refractivity contribution in [1.82, 2.24) is 0 Å². The van der Waals surface area contributed by atoms with Gasteiger partial charge in [0.2, 0.25) is 0 Å². The van der Waals surface area contributed by atoms with E-state index in [0.29, 0.717) is 6.07 Å². The summed E-state index contributed by atoms with van der Waals surface area (Å²) in [6, 6.07) is 0.670. The van der Waals surface area contributed by atoms with Crippen molar-refractivity contribution in [2.45, 2.75) is 37.3 Å². The van der Waals surface area contributed by atoms with Gasteiger partial charge in [0, 0.05) is 10.3 Å². The summed E-state index contributed by atoms with van der Waals surface area (Å²) in [5, 5.41) is 0. The van der Waals surface area contributed by atoms with Gasteiger partial charge >= 0.3 is 10.2 Å². The van der Waals surface area contributed by atoms with Crippen LogP contribution in [0.15, 0.2) is 27.5 Å². The van der Waals surface area contributed by atoms with Gasteiger partial charge in [-0.2, -0.15) is 0 Å². The molecule has 0 aromatic heterocycles. The van der Waals surface area contributed by atoms with Crippen molar-refractivity contribution in [2.24, 2.45) is 4.40 Å². The first kappa shape index (κ1) is 18.2. The third kappa shape index (κ3) is 5.46. The van der Waals surface area contributed by atoms with E-state index in [1.54, 1.807) is 0 Å². The zero-order valence-corrected chi connectivity index (χ0v) is 13.4. The van der Waals surface area contributed by atoms with Crippen LogP contribution in [0.25, 0.3) is 0 Å². The molecule has 0 heterocycles. The Balaban J connectivity index is 3.23. The molecule has 1 aromatic rings. The van der Waals surface area contributed by atoms with Crippen LogP contribution in [0.4, 0.5) is 23.8 Å². The lowest BCUT2D eigenvalue weighted by Gasteiger charge is -2.40. The highest BCUT2D eigenvalue weighted by atomic mass is 32.5. The molecule has 0 saturated carbocycles. The van der Waals surface area contributed by atoms with Crippen molar-refractivity contribution in [3.05, 3.63) is 29.6 Å². The molecule has 0 aliphatic heterocycles. The number of hydrogen-bond acceptors (Lipinski definition) is 2. The zero-order valence-electron chi connectivity index (χ0n) is 11.8. The van der Waals surface area contributed by atoms with Crippen LogP contribution in [0.2, 0.25) is 0 Å². The first-order valence-corrected chi connectivity index (χ1v) is 8.49. The van der Waals surface area contributed by atoms with E-state index in [9.17, 15) is 23.8 Å². The fraction of sp³-hybridized carbons (Fsp3) is 0.417. The Kier molecular flexibility index (Phi) is 3.97. The van der Waals surface area contributed by atoms with Crippen molar-refractivity contribution in [2.75, 3.05) is 0 Å². The molecule has 9 heteroatoms. The van der Waals surface area contributed by atoms with Gasteiger partial charge in [-0.25, -0.2) is 8.79 Å². The van der Waals surface area contributed by atoms with Crippen molar-refractivity contribution < 1.29 is 23.8 Å². The van der Waals surface area contributed by atoms with Crippen LogP contribution in [0.1, 0.15) is 33.3 Å². The van der Waals surface area contributed by atoms with Gasteiger partial charge in [0.25, 0.3) is 0 Å². The van der Waals surface area contributed by atoms with Gasteiger partial charge in [-0.3, -0.25) is 0 Å². The van der Waals surface area contributed by atoms with Crippen LogP contribution >= 0.6 is 22.2 Å². The van der Waals surface area contributed by atoms with E-state index in [2.05, 4.69) is 4.40 Å². The summed E-state index contributed by atoms with van der Waals surface area (Å²) in [5.41, 5.74) is -0.113. The van der Waals surface area contributed by atoms with Crippen LogP contribution in [-0.2, 0) is 0 Å². The maximum Gasteiger partial charge on any atom is 0.310 e. The smallest absolute Gasteiger partial charge is 0.220 e. The fourth-order valence-corrected chi connectivity index (χ4v) is 2.44. The molecule has 0 atom stereocenters. The van der Waals surface area contributed by atoms with E-state index >= 15 is 0 Å². The largest absolute Gasteiger partial charge is 0.310 e. The van der Waals surface area contributed by atoms with Crippen molar-refractivity contribution in [1.29, 1.82) is 0 Å². The highest BCUT2D eigenvalue weighted by Crippen LogP contribution is 3.02. The molecule has 0 fully saturated rings. The molecule has 0 amide bonds. The number of benzene rings is 1. The Morgan fingerprint density at radius 2 is 1.62 bits per heavy atom. The molecule has 0 bridgehead atoms. The second kappa shape index (κ2) is 4.58.